The molecule has 0 aromatic heterocycles. The average molecular weight is 270 g/mol. The fraction of sp³-hybridized carbons (Fsp3) is 0.714. The molecule has 0 saturated heterocycles. The summed E-state index contributed by atoms with van der Waals surface area (Å²) in [5.74, 6) is 1.57. The third kappa shape index (κ3) is 4.84. The molecule has 0 fully saturated rings. The Morgan fingerprint density at radius 2 is 2.28 bits per heavy atom. The van der Waals surface area contributed by atoms with E-state index in [0.29, 0.717) is 23.9 Å². The van der Waals surface area contributed by atoms with Gasteiger partial charge in [-0.25, -0.2) is 0 Å². The predicted octanol–water partition coefficient (Wildman–Crippen LogP) is 3.33. The third-order valence-electron chi connectivity index (χ3n) is 3.05. The summed E-state index contributed by atoms with van der Waals surface area (Å²) >= 11 is 1.88. The maximum atomic E-state index is 11.9. The first-order chi connectivity index (χ1) is 8.56. The molecular weight excluding hydrogens is 248 g/mol. The molecule has 102 valence electrons. The molecule has 18 heavy (non-hydrogen) atoms. The second kappa shape index (κ2) is 7.62. The van der Waals surface area contributed by atoms with Gasteiger partial charge in [-0.05, 0) is 18.6 Å². The lowest BCUT2D eigenvalue weighted by Crippen LogP contribution is -2.22. The highest BCUT2D eigenvalue weighted by Crippen LogP contribution is 2.28. The Morgan fingerprint density at radius 1 is 1.56 bits per heavy atom. The number of carbonyl (C=O) groups is 2. The number of thioether (sulfide) groups is 1. The van der Waals surface area contributed by atoms with Crippen molar-refractivity contribution in [2.75, 3.05) is 5.75 Å². The lowest BCUT2D eigenvalue weighted by molar-refractivity contribution is -0.139. The van der Waals surface area contributed by atoms with Gasteiger partial charge < -0.3 is 4.74 Å². The van der Waals surface area contributed by atoms with E-state index in [9.17, 15) is 9.59 Å². The number of esters is 1. The highest BCUT2D eigenvalue weighted by molar-refractivity contribution is 7.99. The molecule has 1 aliphatic rings. The van der Waals surface area contributed by atoms with Gasteiger partial charge in [-0.3, -0.25) is 9.59 Å². The molecule has 0 amide bonds. The molecule has 1 rings (SSSR count). The molecule has 0 radical (unpaired) electrons. The van der Waals surface area contributed by atoms with Crippen LogP contribution in [0.15, 0.2) is 11.8 Å². The Labute approximate surface area is 113 Å². The SMILES string of the molecule is CCSC(C)CC1CCC(OC(=O)CC)=CC1=O. The standard InChI is InChI=1S/C14H22O3S/c1-4-14(16)17-12-7-6-11(13(15)9-12)8-10(3)18-5-2/h9-11H,4-8H2,1-3H3. The largest absolute Gasteiger partial charge is 0.431 e. The second-order valence-corrected chi connectivity index (χ2v) is 6.29. The zero-order chi connectivity index (χ0) is 13.5. The number of rotatable bonds is 6. The van der Waals surface area contributed by atoms with E-state index < -0.39 is 0 Å². The monoisotopic (exact) mass is 270 g/mol. The van der Waals surface area contributed by atoms with Crippen LogP contribution < -0.4 is 0 Å². The van der Waals surface area contributed by atoms with Gasteiger partial charge in [0.25, 0.3) is 0 Å². The van der Waals surface area contributed by atoms with Crippen molar-refractivity contribution in [2.45, 2.75) is 51.7 Å². The molecule has 0 saturated carbocycles. The van der Waals surface area contributed by atoms with E-state index in [-0.39, 0.29) is 17.7 Å². The van der Waals surface area contributed by atoms with Crippen molar-refractivity contribution < 1.29 is 14.3 Å². The maximum absolute atomic E-state index is 11.9. The first-order valence-electron chi connectivity index (χ1n) is 6.63. The van der Waals surface area contributed by atoms with Crippen LogP contribution in [0, 0.1) is 5.92 Å². The third-order valence-corrected chi connectivity index (χ3v) is 4.14. The van der Waals surface area contributed by atoms with Gasteiger partial charge in [0, 0.05) is 30.1 Å². The second-order valence-electron chi connectivity index (χ2n) is 4.58. The van der Waals surface area contributed by atoms with Crippen LogP contribution in [0.2, 0.25) is 0 Å². The molecule has 3 nitrogen and oxygen atoms in total. The van der Waals surface area contributed by atoms with Crippen LogP contribution in [0.5, 0.6) is 0 Å². The first kappa shape index (κ1) is 15.3. The Balaban J connectivity index is 2.49. The lowest BCUT2D eigenvalue weighted by Gasteiger charge is -2.22. The molecule has 0 aromatic rings. The summed E-state index contributed by atoms with van der Waals surface area (Å²) in [5.41, 5.74) is 0. The molecule has 4 heteroatoms. The topological polar surface area (TPSA) is 43.4 Å². The normalized spacial score (nSPS) is 21.4. The van der Waals surface area contributed by atoms with Gasteiger partial charge in [0.15, 0.2) is 5.78 Å². The Morgan fingerprint density at radius 3 is 2.83 bits per heavy atom. The molecule has 2 unspecified atom stereocenters. The number of carbonyl (C=O) groups excluding carboxylic acids is 2. The zero-order valence-corrected chi connectivity index (χ0v) is 12.2. The van der Waals surface area contributed by atoms with Crippen molar-refractivity contribution in [3.8, 4) is 0 Å². The Kier molecular flexibility index (Phi) is 6.47. The number of ether oxygens (including phenoxy) is 1. The van der Waals surface area contributed by atoms with Crippen LogP contribution in [0.25, 0.3) is 0 Å². The Hall–Kier alpha value is -0.770. The van der Waals surface area contributed by atoms with Crippen LogP contribution in [-0.4, -0.2) is 22.8 Å². The first-order valence-corrected chi connectivity index (χ1v) is 7.68. The van der Waals surface area contributed by atoms with E-state index >= 15 is 0 Å². The van der Waals surface area contributed by atoms with Crippen molar-refractivity contribution in [2.24, 2.45) is 5.92 Å². The molecule has 1 aliphatic carbocycles. The van der Waals surface area contributed by atoms with Crippen molar-refractivity contribution in [3.05, 3.63) is 11.8 Å². The van der Waals surface area contributed by atoms with E-state index in [1.807, 2.05) is 11.8 Å². The molecular formula is C14H22O3S. The van der Waals surface area contributed by atoms with Crippen LogP contribution >= 0.6 is 11.8 Å². The number of hydrogen-bond acceptors (Lipinski definition) is 4. The predicted molar refractivity (Wildman–Crippen MR) is 74.4 cm³/mol. The van der Waals surface area contributed by atoms with Crippen LogP contribution in [0.1, 0.15) is 46.5 Å². The van der Waals surface area contributed by atoms with Crippen LogP contribution in [-0.2, 0) is 14.3 Å². The molecule has 0 bridgehead atoms. The smallest absolute Gasteiger partial charge is 0.310 e. The van der Waals surface area contributed by atoms with Crippen molar-refractivity contribution in [1.82, 2.24) is 0 Å². The van der Waals surface area contributed by atoms with E-state index in [1.54, 1.807) is 6.92 Å². The minimum atomic E-state index is -0.262. The quantitative estimate of drug-likeness (QED) is 0.694. The van der Waals surface area contributed by atoms with Gasteiger partial charge in [0.1, 0.15) is 5.76 Å². The van der Waals surface area contributed by atoms with E-state index in [1.165, 1.54) is 6.08 Å². The highest BCUT2D eigenvalue weighted by atomic mass is 32.2. The molecule has 0 N–H and O–H groups in total. The molecule has 0 spiro atoms. The molecule has 0 aliphatic heterocycles. The summed E-state index contributed by atoms with van der Waals surface area (Å²) in [5, 5.41) is 0.511. The maximum Gasteiger partial charge on any atom is 0.310 e. The molecule has 2 atom stereocenters. The van der Waals surface area contributed by atoms with Gasteiger partial charge in [0.05, 0.1) is 0 Å². The lowest BCUT2D eigenvalue weighted by atomic mass is 9.88. The summed E-state index contributed by atoms with van der Waals surface area (Å²) in [6, 6.07) is 0. The summed E-state index contributed by atoms with van der Waals surface area (Å²) in [6.07, 6.45) is 4.29. The van der Waals surface area contributed by atoms with Gasteiger partial charge in [0.2, 0.25) is 0 Å². The highest BCUT2D eigenvalue weighted by Gasteiger charge is 2.25. The fourth-order valence-electron chi connectivity index (χ4n) is 2.09. The summed E-state index contributed by atoms with van der Waals surface area (Å²) in [4.78, 5) is 23.1. The van der Waals surface area contributed by atoms with Crippen molar-refractivity contribution in [3.63, 3.8) is 0 Å². The van der Waals surface area contributed by atoms with Crippen LogP contribution in [0.3, 0.4) is 0 Å². The number of ketones is 1. The zero-order valence-electron chi connectivity index (χ0n) is 11.4. The van der Waals surface area contributed by atoms with E-state index in [0.717, 1.165) is 18.6 Å². The average Bonchev–Trinajstić information content (AvgIpc) is 2.33. The van der Waals surface area contributed by atoms with E-state index in [4.69, 9.17) is 4.74 Å². The Bertz CT molecular complexity index is 336. The van der Waals surface area contributed by atoms with Crippen LogP contribution in [0.4, 0.5) is 0 Å². The fourth-order valence-corrected chi connectivity index (χ4v) is 3.03. The van der Waals surface area contributed by atoms with Crippen molar-refractivity contribution >= 4 is 23.5 Å². The van der Waals surface area contributed by atoms with Gasteiger partial charge in [-0.2, -0.15) is 11.8 Å². The molecule has 0 heterocycles. The molecule has 0 aromatic carbocycles. The summed E-state index contributed by atoms with van der Waals surface area (Å²) in [6.45, 7) is 6.05. The minimum absolute atomic E-state index is 0.100. The van der Waals surface area contributed by atoms with Crippen molar-refractivity contribution in [1.29, 1.82) is 0 Å². The minimum Gasteiger partial charge on any atom is -0.431 e. The number of hydrogen-bond donors (Lipinski definition) is 0. The summed E-state index contributed by atoms with van der Waals surface area (Å²) < 4.78 is 5.11. The van der Waals surface area contributed by atoms with Gasteiger partial charge in [-0.1, -0.05) is 20.8 Å². The van der Waals surface area contributed by atoms with Gasteiger partial charge in [-0.15, -0.1) is 0 Å². The number of allylic oxidation sites excluding steroid dienone is 2. The van der Waals surface area contributed by atoms with Gasteiger partial charge >= 0.3 is 5.97 Å². The summed E-state index contributed by atoms with van der Waals surface area (Å²) in [7, 11) is 0. The van der Waals surface area contributed by atoms with E-state index in [2.05, 4.69) is 13.8 Å².